The number of halogens is 8. The number of hydrogen-bond donors (Lipinski definition) is 0. The molecule has 0 aliphatic heterocycles. The summed E-state index contributed by atoms with van der Waals surface area (Å²) in [6, 6.07) is 0. The molecule has 0 spiro atoms. The molecule has 116 valence electrons. The second-order valence-corrected chi connectivity index (χ2v) is 4.60. The molecule has 0 aliphatic rings. The van der Waals surface area contributed by atoms with Crippen LogP contribution in [0.1, 0.15) is 0 Å². The zero-order chi connectivity index (χ0) is 16.1. The van der Waals surface area contributed by atoms with E-state index < -0.39 is 46.5 Å². The van der Waals surface area contributed by atoms with Gasteiger partial charge in [0.15, 0.2) is 13.2 Å². The van der Waals surface area contributed by atoms with Crippen LogP contribution in [0.2, 0.25) is 0 Å². The van der Waals surface area contributed by atoms with Gasteiger partial charge in [0.05, 0.1) is 0 Å². The lowest BCUT2D eigenvalue weighted by molar-refractivity contribution is -0.184. The highest BCUT2D eigenvalue weighted by atomic mass is 79.9. The summed E-state index contributed by atoms with van der Waals surface area (Å²) in [6.45, 7) is -3.84. The number of hydrogen-bond acceptors (Lipinski definition) is 4. The first-order chi connectivity index (χ1) is 8.83. The van der Waals surface area contributed by atoms with Crippen LogP contribution in [0.15, 0.2) is 8.96 Å². The fraction of sp³-hybridized carbons (Fsp3) is 0.500. The third-order valence-electron chi connectivity index (χ3n) is 1.28. The minimum absolute atomic E-state index is 0.839. The van der Waals surface area contributed by atoms with Crippen molar-refractivity contribution in [2.24, 2.45) is 0 Å². The van der Waals surface area contributed by atoms with Crippen molar-refractivity contribution >= 4 is 43.8 Å². The van der Waals surface area contributed by atoms with Crippen molar-refractivity contribution in [3.8, 4) is 0 Å². The van der Waals surface area contributed by atoms with Crippen molar-refractivity contribution in [2.75, 3.05) is 13.2 Å². The monoisotopic (exact) mass is 436 g/mol. The van der Waals surface area contributed by atoms with Gasteiger partial charge in [-0.2, -0.15) is 26.3 Å². The smallest absolute Gasteiger partial charge is 0.422 e. The number of alkyl halides is 6. The molecule has 0 radical (unpaired) electrons. The van der Waals surface area contributed by atoms with Crippen molar-refractivity contribution in [3.05, 3.63) is 8.96 Å². The fourth-order valence-electron chi connectivity index (χ4n) is 0.601. The van der Waals surface area contributed by atoms with E-state index in [1.165, 1.54) is 0 Å². The van der Waals surface area contributed by atoms with Crippen molar-refractivity contribution < 1.29 is 45.4 Å². The Kier molecular flexibility index (Phi) is 7.01. The Morgan fingerprint density at radius 3 is 1.20 bits per heavy atom. The average Bonchev–Trinajstić information content (AvgIpc) is 2.29. The number of ether oxygens (including phenoxy) is 2. The quantitative estimate of drug-likeness (QED) is 0.385. The molecule has 0 fully saturated rings. The van der Waals surface area contributed by atoms with Gasteiger partial charge in [0.25, 0.3) is 0 Å². The second-order valence-electron chi connectivity index (χ2n) is 3.01. The molecule has 20 heavy (non-hydrogen) atoms. The van der Waals surface area contributed by atoms with Crippen LogP contribution in [0, 0.1) is 0 Å². The minimum atomic E-state index is -4.79. The summed E-state index contributed by atoms with van der Waals surface area (Å²) in [7, 11) is 0. The first-order valence-electron chi connectivity index (χ1n) is 4.36. The summed E-state index contributed by atoms with van der Waals surface area (Å²) in [5.74, 6) is -3.20. The van der Waals surface area contributed by atoms with Crippen molar-refractivity contribution in [3.63, 3.8) is 0 Å². The van der Waals surface area contributed by atoms with Crippen LogP contribution in [0.5, 0.6) is 0 Å². The molecule has 4 nitrogen and oxygen atoms in total. The summed E-state index contributed by atoms with van der Waals surface area (Å²) in [6.07, 6.45) is -9.57. The van der Waals surface area contributed by atoms with Gasteiger partial charge in [0, 0.05) is 0 Å². The molecule has 0 amide bonds. The van der Waals surface area contributed by atoms with Crippen LogP contribution in [-0.2, 0) is 19.1 Å². The number of rotatable bonds is 4. The van der Waals surface area contributed by atoms with E-state index in [-0.39, 0.29) is 0 Å². The van der Waals surface area contributed by atoms with Crippen LogP contribution in [0.25, 0.3) is 0 Å². The Hall–Kier alpha value is -0.780. The molecule has 0 N–H and O–H groups in total. The predicted octanol–water partition coefficient (Wildman–Crippen LogP) is 3.20. The molecular formula is C8H4Br2F6O4. The molecule has 0 aliphatic carbocycles. The van der Waals surface area contributed by atoms with Crippen LogP contribution in [0.3, 0.4) is 0 Å². The van der Waals surface area contributed by atoms with Crippen molar-refractivity contribution in [1.29, 1.82) is 0 Å². The normalized spacial score (nSPS) is 13.6. The van der Waals surface area contributed by atoms with Crippen molar-refractivity contribution in [1.82, 2.24) is 0 Å². The highest BCUT2D eigenvalue weighted by molar-refractivity contribution is 9.14. The van der Waals surface area contributed by atoms with Gasteiger partial charge in [-0.05, 0) is 31.9 Å². The van der Waals surface area contributed by atoms with Gasteiger partial charge in [0.1, 0.15) is 8.96 Å². The van der Waals surface area contributed by atoms with Gasteiger partial charge >= 0.3 is 24.3 Å². The summed E-state index contributed by atoms with van der Waals surface area (Å²) >= 11 is 4.81. The van der Waals surface area contributed by atoms with E-state index in [1.807, 2.05) is 0 Å². The SMILES string of the molecule is O=C(OCC(F)(F)F)/C(Br)=C(\Br)C(=O)OCC(F)(F)F. The Bertz CT molecular complexity index is 376. The number of esters is 2. The van der Waals surface area contributed by atoms with E-state index in [9.17, 15) is 35.9 Å². The Morgan fingerprint density at radius 1 is 0.750 bits per heavy atom. The molecule has 0 aromatic heterocycles. The number of carbonyl (C=O) groups is 2. The second kappa shape index (κ2) is 7.29. The van der Waals surface area contributed by atoms with Gasteiger partial charge in [-0.25, -0.2) is 9.59 Å². The largest absolute Gasteiger partial charge is 0.452 e. The lowest BCUT2D eigenvalue weighted by Gasteiger charge is -2.09. The van der Waals surface area contributed by atoms with E-state index in [0.29, 0.717) is 0 Å². The van der Waals surface area contributed by atoms with Gasteiger partial charge < -0.3 is 9.47 Å². The van der Waals surface area contributed by atoms with Gasteiger partial charge in [-0.3, -0.25) is 0 Å². The fourth-order valence-corrected chi connectivity index (χ4v) is 1.15. The van der Waals surface area contributed by atoms with E-state index in [4.69, 9.17) is 0 Å². The Balaban J connectivity index is 4.64. The van der Waals surface area contributed by atoms with Crippen LogP contribution in [-0.4, -0.2) is 37.5 Å². The first kappa shape index (κ1) is 19.2. The Labute approximate surface area is 124 Å². The Morgan fingerprint density at radius 2 is 1.00 bits per heavy atom. The molecule has 0 rings (SSSR count). The number of carbonyl (C=O) groups excluding carboxylic acids is 2. The highest BCUT2D eigenvalue weighted by Gasteiger charge is 2.32. The molecule has 0 unspecified atom stereocenters. The van der Waals surface area contributed by atoms with E-state index in [1.54, 1.807) is 0 Å². The van der Waals surface area contributed by atoms with Crippen molar-refractivity contribution in [2.45, 2.75) is 12.4 Å². The standard InChI is InChI=1S/C8H4Br2F6O4/c9-3(5(17)19-1-7(11,12)13)4(10)6(18)20-2-8(14,15)16/h1-2H2/b4-3+. The maximum Gasteiger partial charge on any atom is 0.422 e. The topological polar surface area (TPSA) is 52.6 Å². The molecule has 12 heteroatoms. The molecule has 0 heterocycles. The third kappa shape index (κ3) is 8.40. The van der Waals surface area contributed by atoms with Crippen LogP contribution >= 0.6 is 31.9 Å². The maximum absolute atomic E-state index is 11.8. The maximum atomic E-state index is 11.8. The van der Waals surface area contributed by atoms with E-state index in [2.05, 4.69) is 41.3 Å². The lowest BCUT2D eigenvalue weighted by Crippen LogP contribution is -2.22. The molecule has 0 bridgehead atoms. The lowest BCUT2D eigenvalue weighted by atomic mass is 10.5. The summed E-state index contributed by atoms with van der Waals surface area (Å²) < 4.78 is 76.4. The van der Waals surface area contributed by atoms with Gasteiger partial charge in [0.2, 0.25) is 0 Å². The molecule has 0 aromatic rings. The van der Waals surface area contributed by atoms with Crippen LogP contribution < -0.4 is 0 Å². The minimum Gasteiger partial charge on any atom is -0.452 e. The molecule has 0 aromatic carbocycles. The van der Waals surface area contributed by atoms with E-state index >= 15 is 0 Å². The first-order valence-corrected chi connectivity index (χ1v) is 5.95. The summed E-state index contributed by atoms with van der Waals surface area (Å²) in [5.41, 5.74) is 0. The zero-order valence-electron chi connectivity index (χ0n) is 9.07. The van der Waals surface area contributed by atoms with E-state index in [0.717, 1.165) is 0 Å². The molecule has 0 atom stereocenters. The molecule has 0 saturated carbocycles. The van der Waals surface area contributed by atoms with Gasteiger partial charge in [-0.1, -0.05) is 0 Å². The summed E-state index contributed by atoms with van der Waals surface area (Å²) in [5, 5.41) is 0. The predicted molar refractivity (Wildman–Crippen MR) is 58.9 cm³/mol. The third-order valence-corrected chi connectivity index (χ3v) is 3.26. The molecule has 0 saturated heterocycles. The molecular weight excluding hydrogens is 434 g/mol. The zero-order valence-corrected chi connectivity index (χ0v) is 12.2. The average molecular weight is 438 g/mol. The van der Waals surface area contributed by atoms with Gasteiger partial charge in [-0.15, -0.1) is 0 Å². The van der Waals surface area contributed by atoms with Crippen LogP contribution in [0.4, 0.5) is 26.3 Å². The highest BCUT2D eigenvalue weighted by Crippen LogP contribution is 2.24. The summed E-state index contributed by atoms with van der Waals surface area (Å²) in [4.78, 5) is 22.1.